The number of carbonyl (C=O) groups excluding carboxylic acids is 1. The molecule has 0 aliphatic carbocycles. The molecule has 0 saturated carbocycles. The Morgan fingerprint density at radius 3 is 2.51 bits per heavy atom. The second-order valence-electron chi connectivity index (χ2n) is 10.4. The van der Waals surface area contributed by atoms with Crippen LogP contribution in [0, 0.1) is 0 Å². The lowest BCUT2D eigenvalue weighted by Gasteiger charge is -2.20. The molecule has 1 aliphatic rings. The number of benzene rings is 4. The van der Waals surface area contributed by atoms with Crippen LogP contribution in [0.1, 0.15) is 34.6 Å². The third-order valence-electron chi connectivity index (χ3n) is 7.70. The average Bonchev–Trinajstić information content (AvgIpc) is 3.49. The number of methoxy groups -OCH3 is 1. The van der Waals surface area contributed by atoms with Crippen LogP contribution in [-0.4, -0.2) is 36.5 Å². The summed E-state index contributed by atoms with van der Waals surface area (Å²) in [7, 11) is 1.28. The number of carbonyl (C=O) groups is 1. The smallest absolute Gasteiger partial charge is 0.306 e. The number of phenolic OH excluding ortho intramolecular Hbond substituents is 2. The number of ether oxygens (including phenoxy) is 3. The van der Waals surface area contributed by atoms with Gasteiger partial charge in [-0.25, -0.2) is 0 Å². The van der Waals surface area contributed by atoms with Gasteiger partial charge in [-0.15, -0.1) is 0 Å². The summed E-state index contributed by atoms with van der Waals surface area (Å²) in [5.74, 6) is -0.151. The van der Waals surface area contributed by atoms with E-state index in [9.17, 15) is 19.8 Å². The molecular formula is C35H30O8. The van der Waals surface area contributed by atoms with Crippen LogP contribution < -0.4 is 14.9 Å². The highest BCUT2D eigenvalue weighted by molar-refractivity contribution is 5.90. The van der Waals surface area contributed by atoms with E-state index in [1.54, 1.807) is 36.4 Å². The van der Waals surface area contributed by atoms with Gasteiger partial charge in [0.05, 0.1) is 26.7 Å². The second-order valence-corrected chi connectivity index (χ2v) is 10.4. The van der Waals surface area contributed by atoms with Crippen molar-refractivity contribution in [1.82, 2.24) is 0 Å². The summed E-state index contributed by atoms with van der Waals surface area (Å²) in [5, 5.41) is 21.6. The summed E-state index contributed by atoms with van der Waals surface area (Å²) in [6.45, 7) is 1.19. The lowest BCUT2D eigenvalue weighted by molar-refractivity contribution is -0.140. The van der Waals surface area contributed by atoms with Gasteiger partial charge in [0.15, 0.2) is 5.43 Å². The number of esters is 1. The van der Waals surface area contributed by atoms with Crippen molar-refractivity contribution in [3.63, 3.8) is 0 Å². The molecule has 0 unspecified atom stereocenters. The first-order valence-corrected chi connectivity index (χ1v) is 14.0. The molecule has 4 aromatic carbocycles. The highest BCUT2D eigenvalue weighted by Gasteiger charge is 2.28. The largest absolute Gasteiger partial charge is 0.507 e. The van der Waals surface area contributed by atoms with Crippen molar-refractivity contribution in [3.05, 3.63) is 117 Å². The topological polar surface area (TPSA) is 115 Å². The number of aromatic hydroxyl groups is 2. The van der Waals surface area contributed by atoms with E-state index < -0.39 is 23.1 Å². The van der Waals surface area contributed by atoms with Crippen molar-refractivity contribution in [3.8, 4) is 34.3 Å². The summed E-state index contributed by atoms with van der Waals surface area (Å²) in [4.78, 5) is 25.8. The first kappa shape index (κ1) is 27.9. The SMILES string of the molecule is COC(=O)C[C@H](c1ccc(OCCc2ccc3c(c2)CCO3)cc1)c1c(O)cc(O)c2c(=O)cc(-c3ccccc3)oc12. The van der Waals surface area contributed by atoms with E-state index in [4.69, 9.17) is 18.6 Å². The fourth-order valence-corrected chi connectivity index (χ4v) is 5.52. The molecule has 2 heterocycles. The Morgan fingerprint density at radius 1 is 0.953 bits per heavy atom. The minimum Gasteiger partial charge on any atom is -0.507 e. The molecule has 0 bridgehead atoms. The van der Waals surface area contributed by atoms with Crippen molar-refractivity contribution in [2.75, 3.05) is 20.3 Å². The predicted octanol–water partition coefficient (Wildman–Crippen LogP) is 6.12. The van der Waals surface area contributed by atoms with Crippen LogP contribution in [0.25, 0.3) is 22.3 Å². The maximum atomic E-state index is 13.2. The zero-order valence-corrected chi connectivity index (χ0v) is 23.5. The zero-order valence-electron chi connectivity index (χ0n) is 23.5. The Kier molecular flexibility index (Phi) is 7.75. The molecule has 0 fully saturated rings. The molecule has 2 N–H and O–H groups in total. The lowest BCUT2D eigenvalue weighted by atomic mass is 9.86. The molecule has 1 atom stereocenters. The fourth-order valence-electron chi connectivity index (χ4n) is 5.52. The van der Waals surface area contributed by atoms with Gasteiger partial charge in [-0.2, -0.15) is 0 Å². The number of fused-ring (bicyclic) bond motifs is 2. The molecule has 218 valence electrons. The molecule has 0 spiro atoms. The van der Waals surface area contributed by atoms with Crippen LogP contribution in [0.2, 0.25) is 0 Å². The normalized spacial score (nSPS) is 12.9. The number of hydrogen-bond donors (Lipinski definition) is 2. The maximum absolute atomic E-state index is 13.2. The highest BCUT2D eigenvalue weighted by atomic mass is 16.5. The van der Waals surface area contributed by atoms with E-state index in [2.05, 4.69) is 6.07 Å². The van der Waals surface area contributed by atoms with Gasteiger partial charge in [-0.3, -0.25) is 9.59 Å². The molecular weight excluding hydrogens is 548 g/mol. The Labute approximate surface area is 247 Å². The van der Waals surface area contributed by atoms with E-state index in [1.807, 2.05) is 30.3 Å². The first-order chi connectivity index (χ1) is 20.9. The monoisotopic (exact) mass is 578 g/mol. The average molecular weight is 579 g/mol. The number of phenols is 2. The standard InChI is InChI=1S/C35H30O8/c1-40-32(39)18-26(22-8-10-25(11-9-22)41-15-13-21-7-12-30-24(17-21)14-16-42-30)33-27(36)19-28(37)34-29(38)20-31(43-35(33)34)23-5-3-2-4-6-23/h2-12,17,19-20,26,36-37H,13-16,18H2,1H3/t26-/m1/s1. The van der Waals surface area contributed by atoms with Crippen molar-refractivity contribution >= 4 is 16.9 Å². The lowest BCUT2D eigenvalue weighted by Crippen LogP contribution is -2.12. The van der Waals surface area contributed by atoms with E-state index in [-0.39, 0.29) is 34.5 Å². The molecule has 8 heteroatoms. The Hall–Kier alpha value is -5.24. The van der Waals surface area contributed by atoms with Gasteiger partial charge < -0.3 is 28.8 Å². The van der Waals surface area contributed by atoms with Crippen LogP contribution in [0.4, 0.5) is 0 Å². The fraction of sp³-hybridized carbons (Fsp3) is 0.200. The van der Waals surface area contributed by atoms with Gasteiger partial charge >= 0.3 is 5.97 Å². The third-order valence-corrected chi connectivity index (χ3v) is 7.70. The summed E-state index contributed by atoms with van der Waals surface area (Å²) in [6.07, 6.45) is 1.50. The van der Waals surface area contributed by atoms with Crippen molar-refractivity contribution in [1.29, 1.82) is 0 Å². The van der Waals surface area contributed by atoms with Gasteiger partial charge in [0.1, 0.15) is 39.7 Å². The van der Waals surface area contributed by atoms with E-state index >= 15 is 0 Å². The minimum absolute atomic E-state index is 0.00201. The van der Waals surface area contributed by atoms with Crippen LogP contribution in [0.3, 0.4) is 0 Å². The zero-order chi connectivity index (χ0) is 29.9. The number of hydrogen-bond acceptors (Lipinski definition) is 8. The molecule has 8 nitrogen and oxygen atoms in total. The van der Waals surface area contributed by atoms with Gasteiger partial charge in [0, 0.05) is 42.0 Å². The van der Waals surface area contributed by atoms with Crippen molar-refractivity contribution in [2.45, 2.75) is 25.2 Å². The van der Waals surface area contributed by atoms with Gasteiger partial charge in [-0.1, -0.05) is 54.6 Å². The van der Waals surface area contributed by atoms with Gasteiger partial charge in [0.2, 0.25) is 0 Å². The number of rotatable bonds is 9. The first-order valence-electron chi connectivity index (χ1n) is 14.0. The Bertz CT molecular complexity index is 1840. The van der Waals surface area contributed by atoms with E-state index in [0.29, 0.717) is 23.5 Å². The summed E-state index contributed by atoms with van der Waals surface area (Å²) < 4.78 is 22.7. The van der Waals surface area contributed by atoms with E-state index in [0.717, 1.165) is 31.3 Å². The molecule has 0 saturated heterocycles. The van der Waals surface area contributed by atoms with Crippen LogP contribution in [0.15, 0.2) is 94.1 Å². The molecule has 0 amide bonds. The summed E-state index contributed by atoms with van der Waals surface area (Å²) in [5.41, 5.74) is 3.41. The molecule has 1 aliphatic heterocycles. The predicted molar refractivity (Wildman–Crippen MR) is 161 cm³/mol. The molecule has 0 radical (unpaired) electrons. The summed E-state index contributed by atoms with van der Waals surface area (Å²) in [6, 6.07) is 24.8. The quantitative estimate of drug-likeness (QED) is 0.201. The summed E-state index contributed by atoms with van der Waals surface area (Å²) >= 11 is 0. The molecule has 1 aromatic heterocycles. The molecule has 5 aromatic rings. The van der Waals surface area contributed by atoms with Gasteiger partial charge in [-0.05, 0) is 34.9 Å². The van der Waals surface area contributed by atoms with Crippen LogP contribution >= 0.6 is 0 Å². The van der Waals surface area contributed by atoms with Crippen molar-refractivity contribution < 1.29 is 33.6 Å². The van der Waals surface area contributed by atoms with Crippen molar-refractivity contribution in [2.24, 2.45) is 0 Å². The molecule has 6 rings (SSSR count). The minimum atomic E-state index is -0.757. The van der Waals surface area contributed by atoms with Crippen LogP contribution in [-0.2, 0) is 22.4 Å². The second kappa shape index (κ2) is 11.9. The Balaban J connectivity index is 1.32. The molecule has 43 heavy (non-hydrogen) atoms. The van der Waals surface area contributed by atoms with Crippen LogP contribution in [0.5, 0.6) is 23.0 Å². The highest BCUT2D eigenvalue weighted by Crippen LogP contribution is 2.43. The Morgan fingerprint density at radius 2 is 1.74 bits per heavy atom. The maximum Gasteiger partial charge on any atom is 0.306 e. The van der Waals surface area contributed by atoms with Gasteiger partial charge in [0.25, 0.3) is 0 Å². The third kappa shape index (κ3) is 5.77. The van der Waals surface area contributed by atoms with E-state index in [1.165, 1.54) is 24.3 Å².